The summed E-state index contributed by atoms with van der Waals surface area (Å²) in [6.45, 7) is 0.0856. The van der Waals surface area contributed by atoms with Crippen LogP contribution in [-0.4, -0.2) is 52.0 Å². The fraction of sp³-hybridized carbons (Fsp3) is 1.00. The van der Waals surface area contributed by atoms with E-state index in [0.29, 0.717) is 6.54 Å². The Morgan fingerprint density at radius 2 is 2.09 bits per heavy atom. The van der Waals surface area contributed by atoms with Crippen LogP contribution in [0.4, 0.5) is 0 Å². The standard InChI is InChI=1S/C6H13NO4/c8-2-4-1-7-3-6(10,11)5(4)9/h4-5,7-11H,1-3H2/t4-,5-/m1/s1. The van der Waals surface area contributed by atoms with E-state index in [2.05, 4.69) is 5.32 Å². The third-order valence-electron chi connectivity index (χ3n) is 1.95. The molecule has 1 heterocycles. The highest BCUT2D eigenvalue weighted by molar-refractivity contribution is 4.88. The fourth-order valence-electron chi connectivity index (χ4n) is 1.20. The molecule has 0 aromatic carbocycles. The van der Waals surface area contributed by atoms with E-state index < -0.39 is 17.8 Å². The number of nitrogens with one attached hydrogen (secondary N) is 1. The van der Waals surface area contributed by atoms with E-state index in [0.717, 1.165) is 0 Å². The summed E-state index contributed by atoms with van der Waals surface area (Å²) in [7, 11) is 0. The average molecular weight is 163 g/mol. The first-order valence-electron chi connectivity index (χ1n) is 3.52. The lowest BCUT2D eigenvalue weighted by Crippen LogP contribution is -2.60. The first kappa shape index (κ1) is 8.89. The van der Waals surface area contributed by atoms with Crippen molar-refractivity contribution in [3.8, 4) is 0 Å². The molecular weight excluding hydrogens is 150 g/mol. The van der Waals surface area contributed by atoms with Crippen LogP contribution in [0.5, 0.6) is 0 Å². The molecule has 0 aromatic heterocycles. The average Bonchev–Trinajstić information content (AvgIpc) is 1.95. The number of β-amino-alcohol motifs (C(OH)–C–C–N with tert-alkyl or cyclic N) is 2. The van der Waals surface area contributed by atoms with Gasteiger partial charge in [-0.2, -0.15) is 0 Å². The van der Waals surface area contributed by atoms with E-state index in [1.165, 1.54) is 0 Å². The molecule has 5 nitrogen and oxygen atoms in total. The third-order valence-corrected chi connectivity index (χ3v) is 1.95. The van der Waals surface area contributed by atoms with Crippen molar-refractivity contribution in [1.82, 2.24) is 5.32 Å². The summed E-state index contributed by atoms with van der Waals surface area (Å²) >= 11 is 0. The van der Waals surface area contributed by atoms with Gasteiger partial charge in [-0.25, -0.2) is 0 Å². The van der Waals surface area contributed by atoms with E-state index in [-0.39, 0.29) is 13.2 Å². The normalized spacial score (nSPS) is 37.1. The van der Waals surface area contributed by atoms with Crippen molar-refractivity contribution in [2.75, 3.05) is 19.7 Å². The van der Waals surface area contributed by atoms with Crippen molar-refractivity contribution < 1.29 is 20.4 Å². The number of aliphatic hydroxyl groups is 4. The number of hydrogen-bond donors (Lipinski definition) is 5. The van der Waals surface area contributed by atoms with Crippen molar-refractivity contribution in [3.05, 3.63) is 0 Å². The van der Waals surface area contributed by atoms with Crippen LogP contribution in [0.25, 0.3) is 0 Å². The summed E-state index contributed by atoms with van der Waals surface area (Å²) in [5, 5.41) is 38.7. The third kappa shape index (κ3) is 1.69. The Bertz CT molecular complexity index is 139. The summed E-state index contributed by atoms with van der Waals surface area (Å²) in [6, 6.07) is 0. The van der Waals surface area contributed by atoms with Crippen LogP contribution in [0.1, 0.15) is 0 Å². The van der Waals surface area contributed by atoms with Crippen LogP contribution < -0.4 is 5.32 Å². The maximum Gasteiger partial charge on any atom is 0.202 e. The van der Waals surface area contributed by atoms with E-state index >= 15 is 0 Å². The van der Waals surface area contributed by atoms with Crippen molar-refractivity contribution in [1.29, 1.82) is 0 Å². The largest absolute Gasteiger partial charge is 0.396 e. The molecule has 0 aliphatic carbocycles. The Hall–Kier alpha value is -0.200. The molecule has 1 aliphatic rings. The Labute approximate surface area is 64.3 Å². The van der Waals surface area contributed by atoms with Gasteiger partial charge in [-0.05, 0) is 0 Å². The molecule has 0 radical (unpaired) electrons. The van der Waals surface area contributed by atoms with Gasteiger partial charge in [-0.3, -0.25) is 0 Å². The molecule has 2 atom stereocenters. The molecule has 11 heavy (non-hydrogen) atoms. The molecular formula is C6H13NO4. The minimum atomic E-state index is -2.11. The summed E-state index contributed by atoms with van der Waals surface area (Å²) in [5.41, 5.74) is 0. The van der Waals surface area contributed by atoms with Gasteiger partial charge < -0.3 is 25.7 Å². The highest BCUT2D eigenvalue weighted by atomic mass is 16.5. The number of piperidine rings is 1. The second-order valence-electron chi connectivity index (χ2n) is 2.90. The Kier molecular flexibility index (Phi) is 2.46. The van der Waals surface area contributed by atoms with Crippen molar-refractivity contribution in [3.63, 3.8) is 0 Å². The zero-order valence-electron chi connectivity index (χ0n) is 6.06. The fourth-order valence-corrected chi connectivity index (χ4v) is 1.20. The second kappa shape index (κ2) is 3.04. The van der Waals surface area contributed by atoms with Crippen LogP contribution in [0, 0.1) is 5.92 Å². The topological polar surface area (TPSA) is 93.0 Å². The molecule has 0 spiro atoms. The Morgan fingerprint density at radius 1 is 1.45 bits per heavy atom. The predicted octanol–water partition coefficient (Wildman–Crippen LogP) is -2.76. The van der Waals surface area contributed by atoms with Gasteiger partial charge in [0.2, 0.25) is 5.79 Å². The molecule has 1 aliphatic heterocycles. The van der Waals surface area contributed by atoms with Crippen LogP contribution in [0.2, 0.25) is 0 Å². The van der Waals surface area contributed by atoms with Crippen LogP contribution in [-0.2, 0) is 0 Å². The van der Waals surface area contributed by atoms with Gasteiger partial charge in [0.1, 0.15) is 6.10 Å². The summed E-state index contributed by atoms with van der Waals surface area (Å²) in [4.78, 5) is 0. The van der Waals surface area contributed by atoms with Crippen molar-refractivity contribution in [2.45, 2.75) is 11.9 Å². The van der Waals surface area contributed by atoms with Gasteiger partial charge >= 0.3 is 0 Å². The molecule has 0 aromatic rings. The maximum absolute atomic E-state index is 9.20. The van der Waals surface area contributed by atoms with Gasteiger partial charge in [0.05, 0.1) is 6.54 Å². The highest BCUT2D eigenvalue weighted by Gasteiger charge is 2.41. The lowest BCUT2D eigenvalue weighted by Gasteiger charge is -2.37. The molecule has 1 rings (SSSR count). The van der Waals surface area contributed by atoms with Crippen molar-refractivity contribution >= 4 is 0 Å². The minimum absolute atomic E-state index is 0.0648. The summed E-state index contributed by atoms with van der Waals surface area (Å²) in [5.74, 6) is -2.61. The Morgan fingerprint density at radius 3 is 2.55 bits per heavy atom. The predicted molar refractivity (Wildman–Crippen MR) is 36.6 cm³/mol. The molecule has 1 fully saturated rings. The second-order valence-corrected chi connectivity index (χ2v) is 2.90. The molecule has 0 saturated carbocycles. The molecule has 0 amide bonds. The highest BCUT2D eigenvalue weighted by Crippen LogP contribution is 2.18. The van der Waals surface area contributed by atoms with Gasteiger partial charge in [-0.15, -0.1) is 0 Å². The van der Waals surface area contributed by atoms with Crippen molar-refractivity contribution in [2.24, 2.45) is 5.92 Å². The van der Waals surface area contributed by atoms with Gasteiger partial charge in [-0.1, -0.05) is 0 Å². The molecule has 5 N–H and O–H groups in total. The number of aliphatic hydroxyl groups excluding tert-OH is 2. The monoisotopic (exact) mass is 163 g/mol. The minimum Gasteiger partial charge on any atom is -0.396 e. The zero-order valence-corrected chi connectivity index (χ0v) is 6.06. The van der Waals surface area contributed by atoms with Gasteiger partial charge in [0.15, 0.2) is 0 Å². The molecule has 5 heteroatoms. The quantitative estimate of drug-likeness (QED) is 0.270. The van der Waals surface area contributed by atoms with E-state index in [1.54, 1.807) is 0 Å². The van der Waals surface area contributed by atoms with Crippen LogP contribution >= 0.6 is 0 Å². The number of rotatable bonds is 1. The Balaban J connectivity index is 2.60. The van der Waals surface area contributed by atoms with Gasteiger partial charge in [0, 0.05) is 19.1 Å². The molecule has 1 saturated heterocycles. The van der Waals surface area contributed by atoms with E-state index in [9.17, 15) is 5.11 Å². The van der Waals surface area contributed by atoms with E-state index in [4.69, 9.17) is 15.3 Å². The SMILES string of the molecule is OC[C@H]1CNCC(O)(O)[C@@H]1O. The number of hydrogen-bond acceptors (Lipinski definition) is 5. The zero-order chi connectivity index (χ0) is 8.48. The summed E-state index contributed by atoms with van der Waals surface area (Å²) < 4.78 is 0. The lowest BCUT2D eigenvalue weighted by molar-refractivity contribution is -0.248. The molecule has 0 bridgehead atoms. The van der Waals surface area contributed by atoms with Crippen LogP contribution in [0.15, 0.2) is 0 Å². The molecule has 0 unspecified atom stereocenters. The van der Waals surface area contributed by atoms with E-state index in [1.807, 2.05) is 0 Å². The van der Waals surface area contributed by atoms with Crippen LogP contribution in [0.3, 0.4) is 0 Å². The first-order chi connectivity index (χ1) is 5.08. The molecule has 66 valence electrons. The summed E-state index contributed by atoms with van der Waals surface area (Å²) in [6.07, 6.45) is -1.27. The first-order valence-corrected chi connectivity index (χ1v) is 3.52. The smallest absolute Gasteiger partial charge is 0.202 e. The maximum atomic E-state index is 9.20. The van der Waals surface area contributed by atoms with Gasteiger partial charge in [0.25, 0.3) is 0 Å². The lowest BCUT2D eigenvalue weighted by atomic mass is 9.92.